The van der Waals surface area contributed by atoms with Gasteiger partial charge in [-0.3, -0.25) is 9.59 Å². The fourth-order valence-corrected chi connectivity index (χ4v) is 2.26. The summed E-state index contributed by atoms with van der Waals surface area (Å²) in [7, 11) is 2.82. The van der Waals surface area contributed by atoms with Gasteiger partial charge in [0.15, 0.2) is 0 Å². The molecule has 0 bridgehead atoms. The van der Waals surface area contributed by atoms with Crippen LogP contribution in [0.4, 0.5) is 0 Å². The van der Waals surface area contributed by atoms with E-state index < -0.39 is 6.10 Å². The second-order valence-corrected chi connectivity index (χ2v) is 4.42. The molecule has 6 nitrogen and oxygen atoms in total. The van der Waals surface area contributed by atoms with Crippen molar-refractivity contribution in [1.29, 1.82) is 0 Å². The molecule has 18 heavy (non-hydrogen) atoms. The number of likely N-dealkylation sites (tertiary alicyclic amines) is 1. The average Bonchev–Trinajstić information content (AvgIpc) is 2.40. The Labute approximate surface area is 107 Å². The Morgan fingerprint density at radius 3 is 2.67 bits per heavy atom. The van der Waals surface area contributed by atoms with Crippen molar-refractivity contribution in [1.82, 2.24) is 4.90 Å². The zero-order chi connectivity index (χ0) is 13.5. The number of nitrogens with two attached hydrogens (primary N) is 1. The van der Waals surface area contributed by atoms with Crippen molar-refractivity contribution in [2.24, 2.45) is 5.73 Å². The minimum Gasteiger partial charge on any atom is -0.469 e. The van der Waals surface area contributed by atoms with Crippen molar-refractivity contribution in [2.75, 3.05) is 27.3 Å². The number of rotatable bonds is 5. The first-order valence-electron chi connectivity index (χ1n) is 6.24. The summed E-state index contributed by atoms with van der Waals surface area (Å²) in [4.78, 5) is 25.3. The molecule has 6 heteroatoms. The highest BCUT2D eigenvalue weighted by Crippen LogP contribution is 2.21. The van der Waals surface area contributed by atoms with Crippen molar-refractivity contribution in [2.45, 2.75) is 37.8 Å². The van der Waals surface area contributed by atoms with Crippen LogP contribution in [-0.4, -0.2) is 56.2 Å². The number of methoxy groups -OCH3 is 2. The molecule has 1 aliphatic rings. The topological polar surface area (TPSA) is 81.9 Å². The van der Waals surface area contributed by atoms with Crippen LogP contribution in [-0.2, 0) is 19.1 Å². The first-order chi connectivity index (χ1) is 8.63. The average molecular weight is 258 g/mol. The Kier molecular flexibility index (Phi) is 6.07. The Balaban J connectivity index is 2.69. The standard InChI is InChI=1S/C12H22N2O4/c1-17-10(8-13)12(16)14-6-4-3-5-9(14)7-11(15)18-2/h9-10H,3-8,13H2,1-2H3. The van der Waals surface area contributed by atoms with E-state index in [1.807, 2.05) is 0 Å². The molecule has 1 heterocycles. The second kappa shape index (κ2) is 7.33. The molecule has 0 spiro atoms. The smallest absolute Gasteiger partial charge is 0.307 e. The minimum atomic E-state index is -0.622. The third kappa shape index (κ3) is 3.68. The molecule has 104 valence electrons. The Morgan fingerprint density at radius 2 is 2.11 bits per heavy atom. The fraction of sp³-hybridized carbons (Fsp3) is 0.833. The lowest BCUT2D eigenvalue weighted by atomic mass is 9.98. The van der Waals surface area contributed by atoms with Gasteiger partial charge in [0.05, 0.1) is 13.5 Å². The Bertz CT molecular complexity index is 292. The molecule has 2 atom stereocenters. The van der Waals surface area contributed by atoms with Gasteiger partial charge in [-0.15, -0.1) is 0 Å². The van der Waals surface area contributed by atoms with Crippen molar-refractivity contribution in [3.8, 4) is 0 Å². The molecule has 1 fully saturated rings. The second-order valence-electron chi connectivity index (χ2n) is 4.42. The van der Waals surface area contributed by atoms with E-state index in [9.17, 15) is 9.59 Å². The number of amides is 1. The van der Waals surface area contributed by atoms with E-state index in [0.29, 0.717) is 6.54 Å². The lowest BCUT2D eigenvalue weighted by Crippen LogP contribution is -2.51. The minimum absolute atomic E-state index is 0.0945. The predicted molar refractivity (Wildman–Crippen MR) is 65.8 cm³/mol. The molecular weight excluding hydrogens is 236 g/mol. The van der Waals surface area contributed by atoms with Crippen LogP contribution >= 0.6 is 0 Å². The molecule has 0 aromatic rings. The number of carbonyl (C=O) groups excluding carboxylic acids is 2. The lowest BCUT2D eigenvalue weighted by Gasteiger charge is -2.36. The zero-order valence-corrected chi connectivity index (χ0v) is 11.1. The number of ether oxygens (including phenoxy) is 2. The highest BCUT2D eigenvalue weighted by molar-refractivity contribution is 5.82. The van der Waals surface area contributed by atoms with Crippen LogP contribution in [0.25, 0.3) is 0 Å². The van der Waals surface area contributed by atoms with Crippen molar-refractivity contribution >= 4 is 11.9 Å². The summed E-state index contributed by atoms with van der Waals surface area (Å²) in [6.45, 7) is 0.803. The van der Waals surface area contributed by atoms with Gasteiger partial charge < -0.3 is 20.1 Å². The van der Waals surface area contributed by atoms with Crippen LogP contribution < -0.4 is 5.73 Å². The summed E-state index contributed by atoms with van der Waals surface area (Å²) in [5.41, 5.74) is 5.50. The Morgan fingerprint density at radius 1 is 1.39 bits per heavy atom. The molecule has 0 aliphatic carbocycles. The van der Waals surface area contributed by atoms with Crippen LogP contribution in [0.15, 0.2) is 0 Å². The zero-order valence-electron chi connectivity index (χ0n) is 11.1. The maximum Gasteiger partial charge on any atom is 0.307 e. The number of esters is 1. The van der Waals surface area contributed by atoms with Gasteiger partial charge >= 0.3 is 5.97 Å². The molecule has 0 aromatic carbocycles. The van der Waals surface area contributed by atoms with E-state index in [-0.39, 0.29) is 30.9 Å². The maximum atomic E-state index is 12.2. The SMILES string of the molecule is COC(=O)CC1CCCCN1C(=O)C(CN)OC. The first-order valence-corrected chi connectivity index (χ1v) is 6.24. The molecule has 2 unspecified atom stereocenters. The summed E-state index contributed by atoms with van der Waals surface area (Å²) in [5.74, 6) is -0.421. The van der Waals surface area contributed by atoms with Crippen molar-refractivity contribution in [3.63, 3.8) is 0 Å². The largest absolute Gasteiger partial charge is 0.469 e. The van der Waals surface area contributed by atoms with E-state index in [1.165, 1.54) is 14.2 Å². The van der Waals surface area contributed by atoms with Gasteiger partial charge in [0.2, 0.25) is 0 Å². The molecule has 1 rings (SSSR count). The summed E-state index contributed by atoms with van der Waals surface area (Å²) in [5, 5.41) is 0. The number of piperidine rings is 1. The van der Waals surface area contributed by atoms with E-state index in [2.05, 4.69) is 4.74 Å². The van der Waals surface area contributed by atoms with E-state index in [4.69, 9.17) is 10.5 Å². The predicted octanol–water partition coefficient (Wildman–Crippen LogP) is -0.0957. The van der Waals surface area contributed by atoms with E-state index >= 15 is 0 Å². The third-order valence-corrected chi connectivity index (χ3v) is 3.31. The maximum absolute atomic E-state index is 12.2. The number of hydrogen-bond donors (Lipinski definition) is 1. The monoisotopic (exact) mass is 258 g/mol. The number of nitrogens with zero attached hydrogens (tertiary/aromatic N) is 1. The summed E-state index contributed by atoms with van der Waals surface area (Å²) < 4.78 is 9.72. The molecular formula is C12H22N2O4. The van der Waals surface area contributed by atoms with Gasteiger partial charge in [-0.1, -0.05) is 0 Å². The number of hydrogen-bond acceptors (Lipinski definition) is 5. The quantitative estimate of drug-likeness (QED) is 0.697. The van der Waals surface area contributed by atoms with Crippen molar-refractivity contribution < 1.29 is 19.1 Å². The Hall–Kier alpha value is -1.14. The van der Waals surface area contributed by atoms with Crippen LogP contribution in [0.1, 0.15) is 25.7 Å². The van der Waals surface area contributed by atoms with E-state index in [1.54, 1.807) is 4.90 Å². The lowest BCUT2D eigenvalue weighted by molar-refractivity contribution is -0.149. The van der Waals surface area contributed by atoms with Crippen LogP contribution in [0.3, 0.4) is 0 Å². The molecule has 1 amide bonds. The molecule has 1 aliphatic heterocycles. The molecule has 2 N–H and O–H groups in total. The number of carbonyl (C=O) groups is 2. The van der Waals surface area contributed by atoms with Gasteiger partial charge in [-0.25, -0.2) is 0 Å². The van der Waals surface area contributed by atoms with Gasteiger partial charge in [0, 0.05) is 26.2 Å². The summed E-state index contributed by atoms with van der Waals surface area (Å²) >= 11 is 0. The first kappa shape index (κ1) is 14.9. The van der Waals surface area contributed by atoms with Gasteiger partial charge in [-0.05, 0) is 19.3 Å². The molecule has 1 saturated heterocycles. The summed E-state index contributed by atoms with van der Waals surface area (Å²) in [6.07, 6.45) is 2.41. The van der Waals surface area contributed by atoms with Gasteiger partial charge in [-0.2, -0.15) is 0 Å². The van der Waals surface area contributed by atoms with Crippen LogP contribution in [0.5, 0.6) is 0 Å². The highest BCUT2D eigenvalue weighted by atomic mass is 16.5. The normalized spacial score (nSPS) is 21.5. The molecule has 0 aromatic heterocycles. The molecule has 0 radical (unpaired) electrons. The highest BCUT2D eigenvalue weighted by Gasteiger charge is 2.32. The van der Waals surface area contributed by atoms with E-state index in [0.717, 1.165) is 19.3 Å². The van der Waals surface area contributed by atoms with Gasteiger partial charge in [0.1, 0.15) is 6.10 Å². The van der Waals surface area contributed by atoms with Crippen molar-refractivity contribution in [3.05, 3.63) is 0 Å². The van der Waals surface area contributed by atoms with Crippen LogP contribution in [0, 0.1) is 0 Å². The van der Waals surface area contributed by atoms with Crippen LogP contribution in [0.2, 0.25) is 0 Å². The summed E-state index contributed by atoms with van der Waals surface area (Å²) in [6, 6.07) is -0.0945. The molecule has 0 saturated carbocycles. The fourth-order valence-electron chi connectivity index (χ4n) is 2.26. The van der Waals surface area contributed by atoms with Gasteiger partial charge in [0.25, 0.3) is 5.91 Å². The third-order valence-electron chi connectivity index (χ3n) is 3.31.